The molecule has 0 saturated carbocycles. The summed E-state index contributed by atoms with van der Waals surface area (Å²) in [4.78, 5) is 7.97. The minimum Gasteiger partial charge on any atom is -0.263 e. The van der Waals surface area contributed by atoms with Gasteiger partial charge in [0.15, 0.2) is 0 Å². The number of hydrogen-bond acceptors (Lipinski definition) is 2. The fourth-order valence-corrected chi connectivity index (χ4v) is 0.590. The summed E-state index contributed by atoms with van der Waals surface area (Å²) in [5.41, 5.74) is 2.32. The summed E-state index contributed by atoms with van der Waals surface area (Å²) in [6, 6.07) is 0. The third kappa shape index (κ3) is 1.65. The summed E-state index contributed by atoms with van der Waals surface area (Å²) in [7, 11) is 0. The summed E-state index contributed by atoms with van der Waals surface area (Å²) in [5.74, 6) is 0. The largest absolute Gasteiger partial charge is 0.263 e. The van der Waals surface area contributed by atoms with Crippen molar-refractivity contribution in [2.45, 2.75) is 13.8 Å². The Kier molecular flexibility index (Phi) is 2.15. The normalized spacial score (nSPS) is 17.4. The highest BCUT2D eigenvalue weighted by atomic mass is 14.7. The first-order valence-corrected chi connectivity index (χ1v) is 3.19. The van der Waals surface area contributed by atoms with Crippen LogP contribution in [0.3, 0.4) is 0 Å². The monoisotopic (exact) mass is 134 g/mol. The molecular weight excluding hydrogens is 124 g/mol. The number of rotatable bonds is 0. The van der Waals surface area contributed by atoms with Gasteiger partial charge in [0, 0.05) is 24.8 Å². The SMILES string of the molecule is CC1=CN=CC=NC=C1C. The number of nitrogens with zero attached hydrogens (tertiary/aromatic N) is 2. The summed E-state index contributed by atoms with van der Waals surface area (Å²) in [5, 5.41) is 0. The van der Waals surface area contributed by atoms with E-state index in [9.17, 15) is 0 Å². The second-order valence-electron chi connectivity index (χ2n) is 2.22. The zero-order chi connectivity index (χ0) is 7.40. The lowest BCUT2D eigenvalue weighted by molar-refractivity contribution is 1.28. The molecule has 0 aromatic rings. The van der Waals surface area contributed by atoms with E-state index in [0.29, 0.717) is 0 Å². The van der Waals surface area contributed by atoms with Crippen molar-refractivity contribution < 1.29 is 0 Å². The molecule has 0 N–H and O–H groups in total. The average Bonchev–Trinajstić information content (AvgIpc) is 1.92. The van der Waals surface area contributed by atoms with Gasteiger partial charge in [-0.25, -0.2) is 0 Å². The van der Waals surface area contributed by atoms with Gasteiger partial charge in [0.1, 0.15) is 0 Å². The van der Waals surface area contributed by atoms with E-state index in [1.807, 2.05) is 26.2 Å². The van der Waals surface area contributed by atoms with Gasteiger partial charge in [-0.3, -0.25) is 9.98 Å². The molecule has 0 aliphatic carbocycles. The van der Waals surface area contributed by atoms with Gasteiger partial charge in [-0.15, -0.1) is 0 Å². The molecule has 2 heteroatoms. The minimum atomic E-state index is 1.16. The van der Waals surface area contributed by atoms with Crippen molar-refractivity contribution in [2.75, 3.05) is 0 Å². The van der Waals surface area contributed by atoms with Crippen LogP contribution in [-0.2, 0) is 0 Å². The fraction of sp³-hybridized carbons (Fsp3) is 0.250. The standard InChI is InChI=1S/C8H10N2/c1-7-5-9-3-4-10-6-8(7)2/h3-6H,1-2H3. The van der Waals surface area contributed by atoms with Crippen molar-refractivity contribution in [3.05, 3.63) is 23.5 Å². The lowest BCUT2D eigenvalue weighted by atomic mass is 10.2. The van der Waals surface area contributed by atoms with Gasteiger partial charge in [-0.2, -0.15) is 0 Å². The van der Waals surface area contributed by atoms with Crippen LogP contribution in [-0.4, -0.2) is 12.4 Å². The predicted octanol–water partition coefficient (Wildman–Crippen LogP) is 1.95. The first kappa shape index (κ1) is 6.93. The van der Waals surface area contributed by atoms with E-state index in [4.69, 9.17) is 0 Å². The number of hydrogen-bond donors (Lipinski definition) is 0. The predicted molar refractivity (Wildman–Crippen MR) is 44.5 cm³/mol. The zero-order valence-corrected chi connectivity index (χ0v) is 6.20. The molecule has 0 saturated heterocycles. The Hall–Kier alpha value is -1.18. The quantitative estimate of drug-likeness (QED) is 0.483. The Morgan fingerprint density at radius 2 is 1.30 bits per heavy atom. The molecular formula is C8H10N2. The lowest BCUT2D eigenvalue weighted by Gasteiger charge is -1.97. The van der Waals surface area contributed by atoms with Gasteiger partial charge in [0.05, 0.1) is 0 Å². The molecule has 2 nitrogen and oxygen atoms in total. The molecule has 0 spiro atoms. The molecule has 1 rings (SSSR count). The van der Waals surface area contributed by atoms with E-state index in [1.165, 1.54) is 0 Å². The summed E-state index contributed by atoms with van der Waals surface area (Å²) in [6.45, 7) is 4.04. The van der Waals surface area contributed by atoms with E-state index >= 15 is 0 Å². The molecule has 0 unspecified atom stereocenters. The Labute approximate surface area is 60.7 Å². The highest BCUT2D eigenvalue weighted by Gasteiger charge is 1.90. The summed E-state index contributed by atoms with van der Waals surface area (Å²) < 4.78 is 0. The van der Waals surface area contributed by atoms with Crippen molar-refractivity contribution in [1.82, 2.24) is 0 Å². The van der Waals surface area contributed by atoms with E-state index < -0.39 is 0 Å². The molecule has 0 aromatic carbocycles. The van der Waals surface area contributed by atoms with Gasteiger partial charge >= 0.3 is 0 Å². The first-order valence-electron chi connectivity index (χ1n) is 3.19. The molecule has 1 heterocycles. The van der Waals surface area contributed by atoms with E-state index in [2.05, 4.69) is 9.98 Å². The van der Waals surface area contributed by atoms with Crippen LogP contribution in [0.15, 0.2) is 33.5 Å². The molecule has 0 fully saturated rings. The minimum absolute atomic E-state index is 1.16. The van der Waals surface area contributed by atoms with Crippen molar-refractivity contribution in [1.29, 1.82) is 0 Å². The maximum Gasteiger partial charge on any atom is 0.0451 e. The van der Waals surface area contributed by atoms with Crippen LogP contribution in [0.1, 0.15) is 13.8 Å². The molecule has 0 radical (unpaired) electrons. The summed E-state index contributed by atoms with van der Waals surface area (Å²) >= 11 is 0. The number of allylic oxidation sites excluding steroid dienone is 2. The number of aliphatic imine (C=N–C) groups is 2. The molecule has 0 amide bonds. The molecule has 0 atom stereocenters. The second kappa shape index (κ2) is 3.11. The van der Waals surface area contributed by atoms with Crippen LogP contribution in [0.4, 0.5) is 0 Å². The van der Waals surface area contributed by atoms with E-state index in [1.54, 1.807) is 12.4 Å². The molecule has 52 valence electrons. The highest BCUT2D eigenvalue weighted by molar-refractivity contribution is 6.16. The van der Waals surface area contributed by atoms with Crippen LogP contribution in [0.5, 0.6) is 0 Å². The second-order valence-corrected chi connectivity index (χ2v) is 2.22. The van der Waals surface area contributed by atoms with Gasteiger partial charge in [-0.1, -0.05) is 0 Å². The molecule has 0 aromatic heterocycles. The topological polar surface area (TPSA) is 24.7 Å². The van der Waals surface area contributed by atoms with Crippen LogP contribution in [0.2, 0.25) is 0 Å². The fourth-order valence-electron chi connectivity index (χ4n) is 0.590. The Morgan fingerprint density at radius 1 is 0.900 bits per heavy atom. The van der Waals surface area contributed by atoms with Gasteiger partial charge < -0.3 is 0 Å². The Morgan fingerprint density at radius 3 is 1.70 bits per heavy atom. The summed E-state index contributed by atoms with van der Waals surface area (Å²) in [6.07, 6.45) is 7.01. The first-order chi connectivity index (χ1) is 4.80. The smallest absolute Gasteiger partial charge is 0.0451 e. The van der Waals surface area contributed by atoms with E-state index in [-0.39, 0.29) is 0 Å². The Bertz CT molecular complexity index is 206. The van der Waals surface area contributed by atoms with Gasteiger partial charge in [0.25, 0.3) is 0 Å². The van der Waals surface area contributed by atoms with Crippen LogP contribution in [0.25, 0.3) is 0 Å². The van der Waals surface area contributed by atoms with Crippen LogP contribution in [0, 0.1) is 0 Å². The maximum atomic E-state index is 3.99. The van der Waals surface area contributed by atoms with E-state index in [0.717, 1.165) is 11.1 Å². The van der Waals surface area contributed by atoms with Crippen LogP contribution < -0.4 is 0 Å². The third-order valence-electron chi connectivity index (χ3n) is 1.40. The van der Waals surface area contributed by atoms with Crippen LogP contribution >= 0.6 is 0 Å². The Balaban J connectivity index is 2.91. The molecule has 1 aliphatic heterocycles. The van der Waals surface area contributed by atoms with Crippen molar-refractivity contribution in [3.63, 3.8) is 0 Å². The van der Waals surface area contributed by atoms with Crippen molar-refractivity contribution >= 4 is 12.4 Å². The molecule has 10 heavy (non-hydrogen) atoms. The third-order valence-corrected chi connectivity index (χ3v) is 1.40. The van der Waals surface area contributed by atoms with Gasteiger partial charge in [0.2, 0.25) is 0 Å². The average molecular weight is 134 g/mol. The molecule has 1 aliphatic rings. The molecule has 0 bridgehead atoms. The van der Waals surface area contributed by atoms with Crippen molar-refractivity contribution in [3.8, 4) is 0 Å². The maximum absolute atomic E-state index is 3.99. The zero-order valence-electron chi connectivity index (χ0n) is 6.20. The van der Waals surface area contributed by atoms with Crippen molar-refractivity contribution in [2.24, 2.45) is 9.98 Å². The van der Waals surface area contributed by atoms with Gasteiger partial charge in [-0.05, 0) is 25.0 Å². The lowest BCUT2D eigenvalue weighted by Crippen LogP contribution is -1.82. The highest BCUT2D eigenvalue weighted by Crippen LogP contribution is 2.08.